The summed E-state index contributed by atoms with van der Waals surface area (Å²) in [6.07, 6.45) is 0. The van der Waals surface area contributed by atoms with Crippen LogP contribution >= 0.6 is 0 Å². The topological polar surface area (TPSA) is 0 Å². The zero-order chi connectivity index (χ0) is 0. The van der Waals surface area contributed by atoms with Gasteiger partial charge < -0.3 is 0 Å². The molecule has 4 heteroatoms. The van der Waals surface area contributed by atoms with Gasteiger partial charge in [-0.25, -0.2) is 0 Å². The quantitative estimate of drug-likeness (QED) is 0.465. The number of hydrogen-bond acceptors (Lipinski definition) is 0. The summed E-state index contributed by atoms with van der Waals surface area (Å²) in [5, 5.41) is 0. The number of rotatable bonds is 0. The Morgan fingerprint density at radius 1 is 0.500 bits per heavy atom. The molecule has 0 aromatic carbocycles. The van der Waals surface area contributed by atoms with Crippen molar-refractivity contribution < 1.29 is 51.2 Å². The maximum Gasteiger partial charge on any atom is 0 e. The molecule has 0 bridgehead atoms. The van der Waals surface area contributed by atoms with Crippen LogP contribution in [0.4, 0.5) is 0 Å². The molecule has 0 saturated carbocycles. The van der Waals surface area contributed by atoms with Gasteiger partial charge in [-0.1, -0.05) is 0 Å². The molecule has 0 saturated heterocycles. The van der Waals surface area contributed by atoms with Gasteiger partial charge in [-0.15, -0.1) is 0 Å². The fourth-order valence-corrected chi connectivity index (χ4v) is 0. The molecule has 4 heavy (non-hydrogen) atoms. The van der Waals surface area contributed by atoms with Gasteiger partial charge in [-0.2, -0.15) is 0 Å². The van der Waals surface area contributed by atoms with E-state index < -0.39 is 0 Å². The summed E-state index contributed by atoms with van der Waals surface area (Å²) in [6, 6.07) is 0. The van der Waals surface area contributed by atoms with Crippen molar-refractivity contribution in [3.05, 3.63) is 0 Å². The Hall–Kier alpha value is 2.19. The van der Waals surface area contributed by atoms with E-state index >= 15 is 0 Å². The average molecular weight is 238 g/mol. The molecule has 0 spiro atoms. The zero-order valence-corrected chi connectivity index (χ0v) is 4.68. The van der Waals surface area contributed by atoms with Crippen LogP contribution in [0.3, 0.4) is 0 Å². The van der Waals surface area contributed by atoms with Crippen molar-refractivity contribution in [2.75, 3.05) is 0 Å². The Kier molecular flexibility index (Phi) is 165. The van der Waals surface area contributed by atoms with Gasteiger partial charge in [0, 0.05) is 51.2 Å². The third-order valence-corrected chi connectivity index (χ3v) is 0. The molecular weight excluding hydrogens is 235 g/mol. The van der Waals surface area contributed by atoms with Gasteiger partial charge >= 0.3 is 19.8 Å². The van der Waals surface area contributed by atoms with Crippen LogP contribution < -0.4 is 0 Å². The van der Waals surface area contributed by atoms with Gasteiger partial charge in [0.25, 0.3) is 0 Å². The minimum atomic E-state index is 0. The van der Waals surface area contributed by atoms with Gasteiger partial charge in [-0.05, 0) is 0 Å². The summed E-state index contributed by atoms with van der Waals surface area (Å²) in [6.45, 7) is 0. The molecule has 0 fully saturated rings. The Morgan fingerprint density at radius 2 is 0.500 bits per heavy atom. The fraction of sp³-hybridized carbons (Fsp3) is 0. The van der Waals surface area contributed by atoms with E-state index in [-0.39, 0.29) is 71.0 Å². The molecule has 0 aromatic heterocycles. The van der Waals surface area contributed by atoms with E-state index in [1.807, 2.05) is 0 Å². The Balaban J connectivity index is 0. The van der Waals surface area contributed by atoms with Crippen LogP contribution in [0, 0.1) is 0 Å². The predicted octanol–water partition coefficient (Wildman–Crippen LogP) is -1.19. The minimum Gasteiger partial charge on any atom is 0 e. The molecule has 27 valence electrons. The SMILES string of the molecule is [GaH3].[Mn].[Mn].[Mn]. The van der Waals surface area contributed by atoms with E-state index in [9.17, 15) is 0 Å². The molecule has 0 aliphatic carbocycles. The van der Waals surface area contributed by atoms with Crippen LogP contribution in [0.15, 0.2) is 0 Å². The van der Waals surface area contributed by atoms with E-state index in [0.717, 1.165) is 0 Å². The molecule has 0 unspecified atom stereocenters. The van der Waals surface area contributed by atoms with Crippen LogP contribution in [0.1, 0.15) is 0 Å². The second-order valence-corrected chi connectivity index (χ2v) is 0. The Bertz CT molecular complexity index is 3.25. The van der Waals surface area contributed by atoms with Crippen molar-refractivity contribution in [3.63, 3.8) is 0 Å². The summed E-state index contributed by atoms with van der Waals surface area (Å²) >= 11 is 0. The molecule has 0 aromatic rings. The molecule has 0 aliphatic heterocycles. The average Bonchev–Trinajstić information content (AvgIpc) is 0. The van der Waals surface area contributed by atoms with Gasteiger partial charge in [0.2, 0.25) is 0 Å². The fourth-order valence-electron chi connectivity index (χ4n) is 0. The first-order chi connectivity index (χ1) is 0. The van der Waals surface area contributed by atoms with Crippen molar-refractivity contribution in [3.8, 4) is 0 Å². The van der Waals surface area contributed by atoms with Crippen LogP contribution in [0.2, 0.25) is 0 Å². The molecule has 0 amide bonds. The molecule has 3 radical (unpaired) electrons. The first-order valence-electron chi connectivity index (χ1n) is 0. The molecule has 0 heterocycles. The van der Waals surface area contributed by atoms with Gasteiger partial charge in [0.15, 0.2) is 0 Å². The Labute approximate surface area is 70.3 Å². The van der Waals surface area contributed by atoms with Gasteiger partial charge in [0.05, 0.1) is 0 Å². The van der Waals surface area contributed by atoms with Crippen molar-refractivity contribution in [1.29, 1.82) is 0 Å². The van der Waals surface area contributed by atoms with E-state index in [4.69, 9.17) is 0 Å². The molecule has 0 rings (SSSR count). The van der Waals surface area contributed by atoms with E-state index in [0.29, 0.717) is 0 Å². The summed E-state index contributed by atoms with van der Waals surface area (Å²) in [5.41, 5.74) is 0. The second-order valence-electron chi connectivity index (χ2n) is 0. The maximum absolute atomic E-state index is 0. The van der Waals surface area contributed by atoms with Crippen molar-refractivity contribution in [2.24, 2.45) is 0 Å². The van der Waals surface area contributed by atoms with Crippen LogP contribution in [-0.2, 0) is 51.2 Å². The summed E-state index contributed by atoms with van der Waals surface area (Å²) in [5.74, 6) is 0. The summed E-state index contributed by atoms with van der Waals surface area (Å²) in [7, 11) is 0. The summed E-state index contributed by atoms with van der Waals surface area (Å²) < 4.78 is 0. The first-order valence-corrected chi connectivity index (χ1v) is 0. The minimum absolute atomic E-state index is 0. The standard InChI is InChI=1S/Ga.3Mn.3H. The third kappa shape index (κ3) is 8.89. The largest absolute Gasteiger partial charge is 0 e. The molecule has 0 N–H and O–H groups in total. The van der Waals surface area contributed by atoms with Crippen molar-refractivity contribution in [1.82, 2.24) is 0 Å². The molecule has 0 aliphatic rings. The zero-order valence-electron chi connectivity index (χ0n) is 1.13. The maximum atomic E-state index is 0. The first kappa shape index (κ1) is 34.7. The van der Waals surface area contributed by atoms with Gasteiger partial charge in [-0.3, -0.25) is 0 Å². The number of hydrogen-bond donors (Lipinski definition) is 0. The van der Waals surface area contributed by atoms with E-state index in [2.05, 4.69) is 0 Å². The molecule has 0 nitrogen and oxygen atoms in total. The summed E-state index contributed by atoms with van der Waals surface area (Å²) in [4.78, 5) is 0. The van der Waals surface area contributed by atoms with Crippen molar-refractivity contribution in [2.45, 2.75) is 0 Å². The van der Waals surface area contributed by atoms with Crippen LogP contribution in [0.25, 0.3) is 0 Å². The van der Waals surface area contributed by atoms with E-state index in [1.165, 1.54) is 0 Å². The van der Waals surface area contributed by atoms with Crippen molar-refractivity contribution >= 4 is 19.8 Å². The van der Waals surface area contributed by atoms with Crippen LogP contribution in [-0.4, -0.2) is 19.8 Å². The monoisotopic (exact) mass is 237 g/mol. The van der Waals surface area contributed by atoms with Crippen LogP contribution in [0.5, 0.6) is 0 Å². The van der Waals surface area contributed by atoms with E-state index in [1.54, 1.807) is 0 Å². The third-order valence-electron chi connectivity index (χ3n) is 0. The normalized spacial score (nSPS) is 0. The second kappa shape index (κ2) is 19.0. The molecule has 0 atom stereocenters. The predicted molar refractivity (Wildman–Crippen MR) is 9.94 cm³/mol. The van der Waals surface area contributed by atoms with Gasteiger partial charge in [0.1, 0.15) is 0 Å². The Morgan fingerprint density at radius 3 is 0.500 bits per heavy atom. The molecular formula is H3GaMn3. The smallest absolute Gasteiger partial charge is 0 e.